The normalized spacial score (nSPS) is 37.7. The molecule has 5 rings (SSSR count). The van der Waals surface area contributed by atoms with E-state index in [1.807, 2.05) is 12.1 Å². The number of benzene rings is 1. The summed E-state index contributed by atoms with van der Waals surface area (Å²) in [7, 11) is 0. The maximum atomic E-state index is 12.2. The van der Waals surface area contributed by atoms with E-state index in [0.717, 1.165) is 36.8 Å². The van der Waals surface area contributed by atoms with E-state index < -0.39 is 5.60 Å². The fourth-order valence-electron chi connectivity index (χ4n) is 7.23. The molecule has 2 N–H and O–H groups in total. The summed E-state index contributed by atoms with van der Waals surface area (Å²) >= 11 is 6.91. The first kappa shape index (κ1) is 22.4. The van der Waals surface area contributed by atoms with Crippen molar-refractivity contribution < 1.29 is 15.1 Å². The minimum atomic E-state index is -1.01. The molecule has 3 unspecified atom stereocenters. The van der Waals surface area contributed by atoms with Crippen LogP contribution in [0.15, 0.2) is 52.2 Å². The smallest absolute Gasteiger partial charge is 0.156 e. The van der Waals surface area contributed by atoms with Crippen molar-refractivity contribution in [3.63, 3.8) is 0 Å². The molecule has 33 heavy (non-hydrogen) atoms. The average Bonchev–Trinajstić information content (AvgIpc) is 3.05. The number of hydrogen-bond donors (Lipinski definition) is 2. The minimum Gasteiger partial charge on any atom is -0.411 e. The van der Waals surface area contributed by atoms with Gasteiger partial charge in [0.1, 0.15) is 5.60 Å². The molecule has 172 valence electrons. The van der Waals surface area contributed by atoms with Gasteiger partial charge in [-0.25, -0.2) is 0 Å². The van der Waals surface area contributed by atoms with E-state index in [-0.39, 0.29) is 28.4 Å². The van der Waals surface area contributed by atoms with Crippen LogP contribution in [-0.2, 0) is 4.79 Å². The average molecular weight is 464 g/mol. The van der Waals surface area contributed by atoms with E-state index in [9.17, 15) is 9.90 Å². The molecule has 6 atom stereocenters. The Morgan fingerprint density at radius 1 is 1.24 bits per heavy atom. The van der Waals surface area contributed by atoms with Gasteiger partial charge in [-0.05, 0) is 79.2 Å². The summed E-state index contributed by atoms with van der Waals surface area (Å²) in [5, 5.41) is 23.6. The van der Waals surface area contributed by atoms with Gasteiger partial charge in [0, 0.05) is 17.8 Å². The molecule has 0 saturated heterocycles. The zero-order valence-electron chi connectivity index (χ0n) is 19.1. The van der Waals surface area contributed by atoms with Crippen molar-refractivity contribution in [3.8, 4) is 11.8 Å². The van der Waals surface area contributed by atoms with Crippen LogP contribution in [0.2, 0.25) is 0 Å². The molecule has 0 bridgehead atoms. The first-order valence-corrected chi connectivity index (χ1v) is 12.3. The lowest BCUT2D eigenvalue weighted by molar-refractivity contribution is -0.114. The number of hydrogen-bond acceptors (Lipinski definition) is 4. The van der Waals surface area contributed by atoms with Crippen LogP contribution in [0.25, 0.3) is 0 Å². The van der Waals surface area contributed by atoms with Gasteiger partial charge >= 0.3 is 0 Å². The third kappa shape index (κ3) is 3.40. The lowest BCUT2D eigenvalue weighted by Crippen LogP contribution is -2.51. The Morgan fingerprint density at radius 2 is 2.00 bits per heavy atom. The highest BCUT2D eigenvalue weighted by Crippen LogP contribution is 2.66. The fraction of sp³-hybridized carbons (Fsp3) is 0.500. The highest BCUT2D eigenvalue weighted by molar-refractivity contribution is 6.23. The van der Waals surface area contributed by atoms with Crippen molar-refractivity contribution in [2.75, 3.05) is 0 Å². The molecule has 4 aliphatic rings. The van der Waals surface area contributed by atoms with Crippen molar-refractivity contribution in [1.82, 2.24) is 0 Å². The Balaban J connectivity index is 1.69. The topological polar surface area (TPSA) is 69.9 Å². The van der Waals surface area contributed by atoms with Crippen LogP contribution in [0.5, 0.6) is 0 Å². The quantitative estimate of drug-likeness (QED) is 0.204. The maximum Gasteiger partial charge on any atom is 0.156 e. The summed E-state index contributed by atoms with van der Waals surface area (Å²) in [4.78, 5) is 12.2. The number of allylic oxidation sites excluding steroid dienone is 4. The van der Waals surface area contributed by atoms with E-state index in [4.69, 9.17) is 16.8 Å². The third-order valence-electron chi connectivity index (χ3n) is 8.78. The van der Waals surface area contributed by atoms with E-state index in [0.29, 0.717) is 18.8 Å². The molecule has 2 fully saturated rings. The number of fused-ring (bicyclic) bond motifs is 4. The van der Waals surface area contributed by atoms with Crippen LogP contribution in [0.3, 0.4) is 0 Å². The second-order valence-electron chi connectivity index (χ2n) is 10.3. The van der Waals surface area contributed by atoms with Gasteiger partial charge in [0.2, 0.25) is 0 Å². The zero-order chi connectivity index (χ0) is 23.4. The van der Waals surface area contributed by atoms with Gasteiger partial charge in [-0.2, -0.15) is 0 Å². The van der Waals surface area contributed by atoms with Crippen molar-refractivity contribution in [3.05, 3.63) is 58.2 Å². The van der Waals surface area contributed by atoms with E-state index in [1.165, 1.54) is 22.9 Å². The molecule has 0 amide bonds. The van der Waals surface area contributed by atoms with E-state index in [1.54, 1.807) is 13.0 Å². The fourth-order valence-corrected chi connectivity index (χ4v) is 7.62. The summed E-state index contributed by atoms with van der Waals surface area (Å²) in [6, 6.07) is 8.12. The number of alkyl halides is 1. The Hall–Kier alpha value is -2.35. The first-order chi connectivity index (χ1) is 15.8. The molecule has 0 radical (unpaired) electrons. The van der Waals surface area contributed by atoms with Crippen LogP contribution >= 0.6 is 11.6 Å². The van der Waals surface area contributed by atoms with E-state index >= 15 is 0 Å². The van der Waals surface area contributed by atoms with Crippen molar-refractivity contribution >= 4 is 23.6 Å². The lowest BCUT2D eigenvalue weighted by atomic mass is 9.51. The number of nitrogens with zero attached hydrogens (tertiary/aromatic N) is 1. The first-order valence-electron chi connectivity index (χ1n) is 11.9. The number of ketones is 1. The Labute approximate surface area is 200 Å². The molecule has 1 aromatic rings. The molecule has 4 aliphatic carbocycles. The predicted octanol–water partition coefficient (Wildman–Crippen LogP) is 5.37. The number of aliphatic hydroxyl groups is 1. The van der Waals surface area contributed by atoms with Crippen molar-refractivity contribution in [2.24, 2.45) is 22.4 Å². The number of carbonyl (C=O) groups is 1. The zero-order valence-corrected chi connectivity index (χ0v) is 19.9. The maximum absolute atomic E-state index is 12.2. The van der Waals surface area contributed by atoms with Crippen LogP contribution in [-0.4, -0.2) is 33.3 Å². The number of carbonyl (C=O) groups excluding carboxylic acids is 1. The Morgan fingerprint density at radius 3 is 2.70 bits per heavy atom. The molecule has 5 heteroatoms. The standard InChI is InChI=1S/C28H30ClNO3/c1-3-11-28(32)12-10-24-22-14-25(29)21-13-19(31)8-9-20(21)26(22)23(15-27(24,28)2)18-6-4-17(5-7-18)16-30-33/h4-7,13,16,22-25,32-33H,8-10,12,14-15H2,1-2H3/b30-16+/t22?,23?,24?,25-,27+,28+/m1/s1. The van der Waals surface area contributed by atoms with Crippen LogP contribution in [0, 0.1) is 29.1 Å². The summed E-state index contributed by atoms with van der Waals surface area (Å²) < 4.78 is 0. The molecule has 0 aromatic heterocycles. The summed E-state index contributed by atoms with van der Waals surface area (Å²) in [5.41, 5.74) is 4.37. The number of oxime groups is 1. The van der Waals surface area contributed by atoms with Crippen LogP contribution in [0.4, 0.5) is 0 Å². The second kappa shape index (κ2) is 8.15. The SMILES string of the molecule is CC#C[C@]1(O)CCC2C3C[C@@H](Cl)C4=CC(=O)CCC4=C3C(c3ccc(/C=N/O)cc3)C[C@@]21C. The molecule has 0 aliphatic heterocycles. The number of rotatable bonds is 2. The molecule has 4 nitrogen and oxygen atoms in total. The summed E-state index contributed by atoms with van der Waals surface area (Å²) in [6.07, 6.45) is 7.69. The van der Waals surface area contributed by atoms with Gasteiger partial charge in [0.25, 0.3) is 0 Å². The van der Waals surface area contributed by atoms with Gasteiger partial charge in [0.05, 0.1) is 11.6 Å². The molecule has 2 saturated carbocycles. The highest BCUT2D eigenvalue weighted by Gasteiger charge is 2.63. The molecule has 0 spiro atoms. The third-order valence-corrected chi connectivity index (χ3v) is 9.19. The van der Waals surface area contributed by atoms with Crippen LogP contribution in [0.1, 0.15) is 69.4 Å². The van der Waals surface area contributed by atoms with Gasteiger partial charge in [-0.1, -0.05) is 47.8 Å². The summed E-state index contributed by atoms with van der Waals surface area (Å²) in [5.74, 6) is 7.03. The second-order valence-corrected chi connectivity index (χ2v) is 10.8. The number of halogens is 1. The van der Waals surface area contributed by atoms with Gasteiger partial charge in [0.15, 0.2) is 5.78 Å². The van der Waals surface area contributed by atoms with Crippen LogP contribution < -0.4 is 0 Å². The Bertz CT molecular complexity index is 1140. The van der Waals surface area contributed by atoms with Gasteiger partial charge < -0.3 is 10.3 Å². The lowest BCUT2D eigenvalue weighted by Gasteiger charge is -2.54. The molecular weight excluding hydrogens is 434 g/mol. The highest BCUT2D eigenvalue weighted by atomic mass is 35.5. The van der Waals surface area contributed by atoms with Crippen molar-refractivity contribution in [2.45, 2.75) is 69.3 Å². The largest absolute Gasteiger partial charge is 0.411 e. The monoisotopic (exact) mass is 463 g/mol. The molecular formula is C28H30ClNO3. The van der Waals surface area contributed by atoms with Gasteiger partial charge in [-0.15, -0.1) is 17.5 Å². The van der Waals surface area contributed by atoms with E-state index in [2.05, 4.69) is 36.1 Å². The van der Waals surface area contributed by atoms with Gasteiger partial charge in [-0.3, -0.25) is 4.79 Å². The molecule has 0 heterocycles. The molecule has 1 aromatic carbocycles. The van der Waals surface area contributed by atoms with Crippen molar-refractivity contribution in [1.29, 1.82) is 0 Å². The summed E-state index contributed by atoms with van der Waals surface area (Å²) in [6.45, 7) is 4.02. The minimum absolute atomic E-state index is 0.121. The Kier molecular flexibility index (Phi) is 5.54. The predicted molar refractivity (Wildman–Crippen MR) is 130 cm³/mol.